The Bertz CT molecular complexity index is 575. The molecule has 2 aromatic rings. The van der Waals surface area contributed by atoms with Crippen molar-refractivity contribution in [2.45, 2.75) is 25.3 Å². The van der Waals surface area contributed by atoms with Crippen LogP contribution in [0.4, 0.5) is 0 Å². The molecule has 0 radical (unpaired) electrons. The number of likely N-dealkylation sites (tertiary alicyclic amines) is 1. The summed E-state index contributed by atoms with van der Waals surface area (Å²) in [6.45, 7) is 0.719. The van der Waals surface area contributed by atoms with E-state index in [4.69, 9.17) is 0 Å². The molecule has 2 aromatic heterocycles. The van der Waals surface area contributed by atoms with Gasteiger partial charge in [0, 0.05) is 31.3 Å². The largest absolute Gasteiger partial charge is 0.329 e. The Morgan fingerprint density at radius 3 is 2.55 bits per heavy atom. The molecule has 0 bridgehead atoms. The molecule has 0 saturated carbocycles. The Balaban J connectivity index is 1.88. The second kappa shape index (κ2) is 5.73. The van der Waals surface area contributed by atoms with Crippen molar-refractivity contribution in [3.8, 4) is 0 Å². The minimum absolute atomic E-state index is 0.0213. The molecule has 0 spiro atoms. The maximum atomic E-state index is 12.6. The molecule has 0 aromatic carbocycles. The molecular formula is C14H15N5O. The molecule has 102 valence electrons. The number of piperidine rings is 1. The first-order valence-electron chi connectivity index (χ1n) is 6.69. The number of nitrogens with zero attached hydrogens (tertiary/aromatic N) is 5. The number of rotatable bonds is 2. The van der Waals surface area contributed by atoms with Crippen molar-refractivity contribution in [2.24, 2.45) is 0 Å². The summed E-state index contributed by atoms with van der Waals surface area (Å²) in [4.78, 5) is 30.9. The molecule has 1 aliphatic rings. The highest BCUT2D eigenvalue weighted by atomic mass is 16.2. The zero-order chi connectivity index (χ0) is 13.8. The van der Waals surface area contributed by atoms with E-state index >= 15 is 0 Å². The van der Waals surface area contributed by atoms with E-state index in [1.54, 1.807) is 24.8 Å². The van der Waals surface area contributed by atoms with Gasteiger partial charge in [0.2, 0.25) is 0 Å². The van der Waals surface area contributed by atoms with Gasteiger partial charge < -0.3 is 4.90 Å². The fourth-order valence-corrected chi connectivity index (χ4v) is 2.52. The van der Waals surface area contributed by atoms with Crippen molar-refractivity contribution in [3.63, 3.8) is 0 Å². The summed E-state index contributed by atoms with van der Waals surface area (Å²) in [5.41, 5.74) is 1.22. The Hall–Kier alpha value is -2.37. The van der Waals surface area contributed by atoms with Crippen LogP contribution in [-0.4, -0.2) is 37.3 Å². The van der Waals surface area contributed by atoms with Gasteiger partial charge in [-0.25, -0.2) is 4.98 Å². The maximum absolute atomic E-state index is 12.6. The van der Waals surface area contributed by atoms with Crippen molar-refractivity contribution in [3.05, 3.63) is 48.6 Å². The average Bonchev–Trinajstić information content (AvgIpc) is 2.56. The van der Waals surface area contributed by atoms with E-state index in [0.717, 1.165) is 31.5 Å². The molecule has 1 saturated heterocycles. The van der Waals surface area contributed by atoms with Crippen molar-refractivity contribution >= 4 is 5.91 Å². The Morgan fingerprint density at radius 2 is 1.85 bits per heavy atom. The Kier molecular flexibility index (Phi) is 3.62. The molecule has 6 heteroatoms. The molecule has 6 nitrogen and oxygen atoms in total. The van der Waals surface area contributed by atoms with Crippen molar-refractivity contribution in [2.75, 3.05) is 6.54 Å². The first kappa shape index (κ1) is 12.7. The van der Waals surface area contributed by atoms with Crippen molar-refractivity contribution < 1.29 is 4.79 Å². The number of amides is 1. The third-order valence-corrected chi connectivity index (χ3v) is 3.47. The second-order valence-corrected chi connectivity index (χ2v) is 4.73. The molecule has 3 heterocycles. The first-order valence-corrected chi connectivity index (χ1v) is 6.69. The highest BCUT2D eigenvalue weighted by molar-refractivity contribution is 5.92. The lowest BCUT2D eigenvalue weighted by atomic mass is 9.99. The molecule has 3 rings (SSSR count). The summed E-state index contributed by atoms with van der Waals surface area (Å²) in [5.74, 6) is -0.0894. The number of hydrogen-bond donors (Lipinski definition) is 0. The quantitative estimate of drug-likeness (QED) is 0.828. The summed E-state index contributed by atoms with van der Waals surface area (Å²) in [5, 5.41) is 0. The fourth-order valence-electron chi connectivity index (χ4n) is 2.52. The van der Waals surface area contributed by atoms with E-state index in [1.807, 2.05) is 4.90 Å². The normalized spacial score (nSPS) is 18.8. The molecule has 0 unspecified atom stereocenters. The fraction of sp³-hybridized carbons (Fsp3) is 0.357. The van der Waals surface area contributed by atoms with E-state index in [-0.39, 0.29) is 11.9 Å². The predicted octanol–water partition coefficient (Wildman–Crippen LogP) is 1.63. The maximum Gasteiger partial charge on any atom is 0.274 e. The number of aromatic nitrogens is 4. The molecule has 20 heavy (non-hydrogen) atoms. The average molecular weight is 269 g/mol. The van der Waals surface area contributed by atoms with Crippen LogP contribution in [-0.2, 0) is 0 Å². The van der Waals surface area contributed by atoms with Gasteiger partial charge in [-0.15, -0.1) is 0 Å². The van der Waals surface area contributed by atoms with E-state index < -0.39 is 0 Å². The van der Waals surface area contributed by atoms with Gasteiger partial charge in [0.25, 0.3) is 5.91 Å². The van der Waals surface area contributed by atoms with Crippen LogP contribution in [0.5, 0.6) is 0 Å². The van der Waals surface area contributed by atoms with Crippen LogP contribution < -0.4 is 0 Å². The lowest BCUT2D eigenvalue weighted by molar-refractivity contribution is 0.0599. The van der Waals surface area contributed by atoms with E-state index in [1.165, 1.54) is 12.4 Å². The van der Waals surface area contributed by atoms with Gasteiger partial charge in [-0.2, -0.15) is 0 Å². The lowest BCUT2D eigenvalue weighted by Gasteiger charge is -2.34. The molecule has 1 atom stereocenters. The van der Waals surface area contributed by atoms with Crippen LogP contribution in [0.3, 0.4) is 0 Å². The minimum atomic E-state index is -0.0894. The van der Waals surface area contributed by atoms with Crippen molar-refractivity contribution in [1.82, 2.24) is 24.8 Å². The number of carbonyl (C=O) groups is 1. The first-order chi connectivity index (χ1) is 9.86. The minimum Gasteiger partial charge on any atom is -0.329 e. The van der Waals surface area contributed by atoms with E-state index in [9.17, 15) is 4.79 Å². The summed E-state index contributed by atoms with van der Waals surface area (Å²) in [6.07, 6.45) is 12.6. The van der Waals surface area contributed by atoms with Crippen LogP contribution in [0, 0.1) is 0 Å². The SMILES string of the molecule is O=C(c1cnccn1)N1CCCC[C@@H]1c1cnccn1. The van der Waals surface area contributed by atoms with Gasteiger partial charge in [-0.3, -0.25) is 19.7 Å². The van der Waals surface area contributed by atoms with Crippen LogP contribution in [0.2, 0.25) is 0 Å². The summed E-state index contributed by atoms with van der Waals surface area (Å²) in [7, 11) is 0. The van der Waals surface area contributed by atoms with Gasteiger partial charge >= 0.3 is 0 Å². The van der Waals surface area contributed by atoms with E-state index in [2.05, 4.69) is 19.9 Å². The van der Waals surface area contributed by atoms with Crippen LogP contribution in [0.15, 0.2) is 37.2 Å². The van der Waals surface area contributed by atoms with Crippen LogP contribution in [0.1, 0.15) is 41.5 Å². The van der Waals surface area contributed by atoms with Crippen LogP contribution in [0.25, 0.3) is 0 Å². The molecule has 1 aliphatic heterocycles. The van der Waals surface area contributed by atoms with Gasteiger partial charge in [-0.1, -0.05) is 0 Å². The summed E-state index contributed by atoms with van der Waals surface area (Å²) in [6, 6.07) is -0.0213. The summed E-state index contributed by atoms with van der Waals surface area (Å²) < 4.78 is 0. The molecule has 1 fully saturated rings. The summed E-state index contributed by atoms with van der Waals surface area (Å²) >= 11 is 0. The topological polar surface area (TPSA) is 71.9 Å². The van der Waals surface area contributed by atoms with Gasteiger partial charge in [0.15, 0.2) is 0 Å². The standard InChI is InChI=1S/C14H15N5O/c20-14(12-10-16-5-7-18-12)19-8-2-1-3-13(19)11-9-15-4-6-17-11/h4-7,9-10,13H,1-3,8H2/t13-/m1/s1. The van der Waals surface area contributed by atoms with Gasteiger partial charge in [-0.05, 0) is 19.3 Å². The van der Waals surface area contributed by atoms with Gasteiger partial charge in [0.05, 0.1) is 24.1 Å². The van der Waals surface area contributed by atoms with Crippen LogP contribution >= 0.6 is 0 Å². The number of hydrogen-bond acceptors (Lipinski definition) is 5. The molecular weight excluding hydrogens is 254 g/mol. The third-order valence-electron chi connectivity index (χ3n) is 3.47. The lowest BCUT2D eigenvalue weighted by Crippen LogP contribution is -2.39. The zero-order valence-electron chi connectivity index (χ0n) is 11.0. The van der Waals surface area contributed by atoms with E-state index in [0.29, 0.717) is 5.69 Å². The molecule has 0 N–H and O–H groups in total. The Morgan fingerprint density at radius 1 is 1.05 bits per heavy atom. The monoisotopic (exact) mass is 269 g/mol. The zero-order valence-corrected chi connectivity index (χ0v) is 11.0. The second-order valence-electron chi connectivity index (χ2n) is 4.73. The highest BCUT2D eigenvalue weighted by Crippen LogP contribution is 2.30. The molecule has 1 amide bonds. The third kappa shape index (κ3) is 2.49. The number of carbonyl (C=O) groups excluding carboxylic acids is 1. The van der Waals surface area contributed by atoms with Crippen molar-refractivity contribution in [1.29, 1.82) is 0 Å². The highest BCUT2D eigenvalue weighted by Gasteiger charge is 2.30. The Labute approximate surface area is 116 Å². The predicted molar refractivity (Wildman–Crippen MR) is 71.7 cm³/mol. The molecule has 0 aliphatic carbocycles. The van der Waals surface area contributed by atoms with Gasteiger partial charge in [0.1, 0.15) is 5.69 Å². The smallest absolute Gasteiger partial charge is 0.274 e.